The molecule has 0 spiro atoms. The highest BCUT2D eigenvalue weighted by Crippen LogP contribution is 2.25. The zero-order valence-corrected chi connectivity index (χ0v) is 12.1. The monoisotopic (exact) mass is 278 g/mol. The van der Waals surface area contributed by atoms with Crippen molar-refractivity contribution in [2.24, 2.45) is 5.92 Å². The first kappa shape index (κ1) is 14.9. The van der Waals surface area contributed by atoms with Crippen LogP contribution in [0, 0.1) is 18.3 Å². The van der Waals surface area contributed by atoms with Crippen molar-refractivity contribution >= 4 is 11.8 Å². The van der Waals surface area contributed by atoms with E-state index in [4.69, 9.17) is 11.2 Å². The van der Waals surface area contributed by atoms with Gasteiger partial charge in [0, 0.05) is 13.0 Å². The first-order chi connectivity index (χ1) is 9.52. The van der Waals surface area contributed by atoms with E-state index in [0.717, 1.165) is 6.42 Å². The Labute approximate surface area is 120 Å². The number of carbonyl (C=O) groups is 2. The van der Waals surface area contributed by atoms with E-state index < -0.39 is 6.04 Å². The lowest BCUT2D eigenvalue weighted by Gasteiger charge is -2.44. The van der Waals surface area contributed by atoms with Crippen LogP contribution in [0.15, 0.2) is 0 Å². The van der Waals surface area contributed by atoms with Crippen LogP contribution in [0.2, 0.25) is 0 Å². The molecule has 5 heteroatoms. The Hall–Kier alpha value is -1.54. The van der Waals surface area contributed by atoms with Crippen molar-refractivity contribution in [3.8, 4) is 12.3 Å². The molecule has 0 radical (unpaired) electrons. The number of piperazine rings is 1. The minimum Gasteiger partial charge on any atom is -0.365 e. The van der Waals surface area contributed by atoms with Gasteiger partial charge in [-0.3, -0.25) is 9.59 Å². The maximum Gasteiger partial charge on any atom is 0.245 e. The van der Waals surface area contributed by atoms with E-state index in [0.29, 0.717) is 25.3 Å². The molecule has 2 rings (SSSR count). The van der Waals surface area contributed by atoms with Crippen LogP contribution in [0.3, 0.4) is 0 Å². The lowest BCUT2D eigenvalue weighted by Crippen LogP contribution is -2.66. The highest BCUT2D eigenvalue weighted by Gasteiger charge is 2.43. The summed E-state index contributed by atoms with van der Waals surface area (Å²) in [4.78, 5) is 26.3. The fourth-order valence-corrected chi connectivity index (χ4v) is 2.92. The molecule has 1 N–H and O–H groups in total. The highest BCUT2D eigenvalue weighted by molar-refractivity contribution is 5.97. The summed E-state index contributed by atoms with van der Waals surface area (Å²) in [5.74, 6) is 2.78. The predicted octanol–water partition coefficient (Wildman–Crippen LogP) is 0.540. The molecule has 0 bridgehead atoms. The standard InChI is InChI=1S/C15H22N2O3/c1-4-7-20-11-5-6-17-13(9-11)14(18)16-12(15(17)19)8-10(2)3/h1,10-13H,5-9H2,2-3H3,(H,16,18)/t11-,12-,13+/m1/s1. The molecule has 20 heavy (non-hydrogen) atoms. The minimum atomic E-state index is -0.401. The number of hydrogen-bond acceptors (Lipinski definition) is 3. The fraction of sp³-hybridized carbons (Fsp3) is 0.733. The fourth-order valence-electron chi connectivity index (χ4n) is 2.92. The number of rotatable bonds is 4. The molecular formula is C15H22N2O3. The lowest BCUT2D eigenvalue weighted by molar-refractivity contribution is -0.154. The lowest BCUT2D eigenvalue weighted by atomic mass is 9.92. The molecule has 0 aromatic rings. The summed E-state index contributed by atoms with van der Waals surface area (Å²) in [5.41, 5.74) is 0. The number of amides is 2. The van der Waals surface area contributed by atoms with E-state index in [-0.39, 0.29) is 30.6 Å². The van der Waals surface area contributed by atoms with Crippen LogP contribution in [0.4, 0.5) is 0 Å². The molecular weight excluding hydrogens is 256 g/mol. The molecule has 0 unspecified atom stereocenters. The Kier molecular flexibility index (Phi) is 4.66. The number of fused-ring (bicyclic) bond motifs is 1. The summed E-state index contributed by atoms with van der Waals surface area (Å²) in [7, 11) is 0. The highest BCUT2D eigenvalue weighted by atomic mass is 16.5. The molecule has 0 aliphatic carbocycles. The number of hydrogen-bond donors (Lipinski definition) is 1. The molecule has 2 amide bonds. The van der Waals surface area contributed by atoms with Crippen molar-refractivity contribution in [1.82, 2.24) is 10.2 Å². The van der Waals surface area contributed by atoms with Gasteiger partial charge in [0.2, 0.25) is 11.8 Å². The molecule has 3 atom stereocenters. The van der Waals surface area contributed by atoms with Crippen molar-refractivity contribution in [1.29, 1.82) is 0 Å². The summed E-state index contributed by atoms with van der Waals surface area (Å²) in [6.45, 7) is 4.92. The van der Waals surface area contributed by atoms with Crippen molar-refractivity contribution < 1.29 is 14.3 Å². The van der Waals surface area contributed by atoms with E-state index in [1.807, 2.05) is 13.8 Å². The van der Waals surface area contributed by atoms with Crippen LogP contribution in [-0.4, -0.2) is 48.1 Å². The van der Waals surface area contributed by atoms with Crippen LogP contribution in [0.5, 0.6) is 0 Å². The SMILES string of the molecule is C#CCO[C@@H]1CCN2C(=O)[C@@H](CC(C)C)NC(=O)[C@@H]2C1. The van der Waals surface area contributed by atoms with Crippen molar-refractivity contribution in [2.75, 3.05) is 13.2 Å². The normalized spacial score (nSPS) is 29.9. The van der Waals surface area contributed by atoms with Gasteiger partial charge in [0.25, 0.3) is 0 Å². The van der Waals surface area contributed by atoms with Crippen LogP contribution >= 0.6 is 0 Å². The Morgan fingerprint density at radius 2 is 2.25 bits per heavy atom. The summed E-state index contributed by atoms with van der Waals surface area (Å²) in [6, 6.07) is -0.774. The molecule has 2 heterocycles. The second-order valence-electron chi connectivity index (χ2n) is 5.90. The predicted molar refractivity (Wildman–Crippen MR) is 74.7 cm³/mol. The van der Waals surface area contributed by atoms with Crippen molar-refractivity contribution in [3.63, 3.8) is 0 Å². The van der Waals surface area contributed by atoms with Crippen LogP contribution in [-0.2, 0) is 14.3 Å². The Balaban J connectivity index is 2.01. The van der Waals surface area contributed by atoms with Crippen molar-refractivity contribution in [3.05, 3.63) is 0 Å². The van der Waals surface area contributed by atoms with Gasteiger partial charge in [0.1, 0.15) is 18.7 Å². The molecule has 2 fully saturated rings. The van der Waals surface area contributed by atoms with Crippen LogP contribution in [0.25, 0.3) is 0 Å². The number of nitrogens with zero attached hydrogens (tertiary/aromatic N) is 1. The first-order valence-corrected chi connectivity index (χ1v) is 7.18. The van der Waals surface area contributed by atoms with E-state index in [1.54, 1.807) is 4.90 Å². The minimum absolute atomic E-state index is 0.0347. The van der Waals surface area contributed by atoms with Gasteiger partial charge in [0.15, 0.2) is 0 Å². The van der Waals surface area contributed by atoms with Crippen LogP contribution in [0.1, 0.15) is 33.1 Å². The average Bonchev–Trinajstić information content (AvgIpc) is 2.41. The second-order valence-corrected chi connectivity index (χ2v) is 5.90. The van der Waals surface area contributed by atoms with Gasteiger partial charge in [-0.15, -0.1) is 6.42 Å². The summed E-state index contributed by atoms with van der Waals surface area (Å²) < 4.78 is 5.50. The van der Waals surface area contributed by atoms with Gasteiger partial charge < -0.3 is 15.0 Å². The quantitative estimate of drug-likeness (QED) is 0.764. The van der Waals surface area contributed by atoms with Crippen LogP contribution < -0.4 is 5.32 Å². The third kappa shape index (κ3) is 3.13. The number of carbonyl (C=O) groups excluding carboxylic acids is 2. The molecule has 0 saturated carbocycles. The topological polar surface area (TPSA) is 58.6 Å². The molecule has 2 aliphatic heterocycles. The van der Waals surface area contributed by atoms with E-state index in [9.17, 15) is 9.59 Å². The first-order valence-electron chi connectivity index (χ1n) is 7.18. The third-order valence-electron chi connectivity index (χ3n) is 3.86. The number of terminal acetylenes is 1. The largest absolute Gasteiger partial charge is 0.365 e. The number of ether oxygens (including phenoxy) is 1. The molecule has 2 aliphatic rings. The smallest absolute Gasteiger partial charge is 0.245 e. The van der Waals surface area contributed by atoms with Gasteiger partial charge in [-0.1, -0.05) is 19.8 Å². The van der Waals surface area contributed by atoms with E-state index in [1.165, 1.54) is 0 Å². The maximum absolute atomic E-state index is 12.4. The van der Waals surface area contributed by atoms with E-state index >= 15 is 0 Å². The zero-order valence-electron chi connectivity index (χ0n) is 12.1. The third-order valence-corrected chi connectivity index (χ3v) is 3.86. The second kappa shape index (κ2) is 6.27. The summed E-state index contributed by atoms with van der Waals surface area (Å²) in [6.07, 6.45) is 7.10. The number of piperidine rings is 1. The van der Waals surface area contributed by atoms with Gasteiger partial charge in [-0.2, -0.15) is 0 Å². The number of nitrogens with one attached hydrogen (secondary N) is 1. The van der Waals surface area contributed by atoms with Gasteiger partial charge >= 0.3 is 0 Å². The maximum atomic E-state index is 12.4. The Morgan fingerprint density at radius 1 is 1.50 bits per heavy atom. The molecule has 2 saturated heterocycles. The molecule has 0 aromatic carbocycles. The Bertz CT molecular complexity index is 427. The molecule has 0 aromatic heterocycles. The Morgan fingerprint density at radius 3 is 2.90 bits per heavy atom. The molecule has 5 nitrogen and oxygen atoms in total. The summed E-state index contributed by atoms with van der Waals surface area (Å²) >= 11 is 0. The van der Waals surface area contributed by atoms with Gasteiger partial charge in [-0.25, -0.2) is 0 Å². The zero-order chi connectivity index (χ0) is 14.7. The average molecular weight is 278 g/mol. The molecule has 110 valence electrons. The van der Waals surface area contributed by atoms with Gasteiger partial charge in [0.05, 0.1) is 6.10 Å². The van der Waals surface area contributed by atoms with Gasteiger partial charge in [-0.05, 0) is 18.8 Å². The van der Waals surface area contributed by atoms with E-state index in [2.05, 4.69) is 11.2 Å². The van der Waals surface area contributed by atoms with Crippen molar-refractivity contribution in [2.45, 2.75) is 51.3 Å². The summed E-state index contributed by atoms with van der Waals surface area (Å²) in [5, 5.41) is 2.85.